The summed E-state index contributed by atoms with van der Waals surface area (Å²) < 4.78 is 16.3. The molecule has 0 saturated carbocycles. The Balaban J connectivity index is 1.90. The molecule has 0 amide bonds. The monoisotopic (exact) mass is 522 g/mol. The first-order valence-corrected chi connectivity index (χ1v) is 13.5. The molecule has 0 aromatic heterocycles. The number of benzene rings is 4. The minimum atomic E-state index is -0.219. The van der Waals surface area contributed by atoms with E-state index in [0.717, 1.165) is 17.2 Å². The van der Waals surface area contributed by atoms with Crippen LogP contribution in [-0.2, 0) is 16.2 Å². The van der Waals surface area contributed by atoms with E-state index in [9.17, 15) is 0 Å². The van der Waals surface area contributed by atoms with E-state index in [0.29, 0.717) is 0 Å². The number of hydrogen-bond donors (Lipinski definition) is 0. The molecule has 0 fully saturated rings. The average Bonchev–Trinajstić information content (AvgIpc) is 2.97. The van der Waals surface area contributed by atoms with Crippen LogP contribution < -0.4 is 14.2 Å². The highest BCUT2D eigenvalue weighted by Crippen LogP contribution is 2.42. The molecule has 0 spiro atoms. The van der Waals surface area contributed by atoms with Gasteiger partial charge in [-0.15, -0.1) is 0 Å². The highest BCUT2D eigenvalue weighted by molar-refractivity contribution is 5.51. The zero-order chi connectivity index (χ0) is 28.4. The van der Waals surface area contributed by atoms with E-state index in [-0.39, 0.29) is 16.2 Å². The SMILES string of the molecule is COc1ccc(C(C)(C)c2cc(C(C)(C)c3ccc(OC)cc3)cc(C(C)(C)c3ccc(OC)cc3)c2)cc1. The maximum atomic E-state index is 5.43. The van der Waals surface area contributed by atoms with E-state index >= 15 is 0 Å². The van der Waals surface area contributed by atoms with Crippen molar-refractivity contribution in [2.24, 2.45) is 0 Å². The molecule has 0 radical (unpaired) electrons. The van der Waals surface area contributed by atoms with Crippen LogP contribution in [0.25, 0.3) is 0 Å². The van der Waals surface area contributed by atoms with Crippen molar-refractivity contribution in [2.45, 2.75) is 57.8 Å². The first-order valence-electron chi connectivity index (χ1n) is 13.5. The summed E-state index contributed by atoms with van der Waals surface area (Å²) in [5, 5.41) is 0. The van der Waals surface area contributed by atoms with Crippen molar-refractivity contribution < 1.29 is 14.2 Å². The molecule has 3 heteroatoms. The third-order valence-electron chi connectivity index (χ3n) is 8.53. The molecule has 0 aliphatic rings. The van der Waals surface area contributed by atoms with E-state index in [1.54, 1.807) is 21.3 Å². The van der Waals surface area contributed by atoms with E-state index in [1.807, 2.05) is 36.4 Å². The van der Waals surface area contributed by atoms with Crippen molar-refractivity contribution in [3.63, 3.8) is 0 Å². The zero-order valence-electron chi connectivity index (χ0n) is 24.9. The molecule has 4 rings (SSSR count). The maximum absolute atomic E-state index is 5.43. The van der Waals surface area contributed by atoms with Gasteiger partial charge in [0.1, 0.15) is 17.2 Å². The van der Waals surface area contributed by atoms with Crippen LogP contribution in [0, 0.1) is 0 Å². The molecule has 0 unspecified atom stereocenters. The molecule has 4 aromatic rings. The lowest BCUT2D eigenvalue weighted by Crippen LogP contribution is -2.26. The number of ether oxygens (including phenoxy) is 3. The summed E-state index contributed by atoms with van der Waals surface area (Å²) in [5.74, 6) is 2.60. The van der Waals surface area contributed by atoms with Crippen molar-refractivity contribution in [2.75, 3.05) is 21.3 Å². The first-order chi connectivity index (χ1) is 18.4. The van der Waals surface area contributed by atoms with Crippen molar-refractivity contribution in [3.8, 4) is 17.2 Å². The Morgan fingerprint density at radius 2 is 0.538 bits per heavy atom. The second kappa shape index (κ2) is 10.8. The van der Waals surface area contributed by atoms with Crippen LogP contribution in [0.5, 0.6) is 17.2 Å². The van der Waals surface area contributed by atoms with Gasteiger partial charge in [0, 0.05) is 16.2 Å². The fourth-order valence-electron chi connectivity index (χ4n) is 5.23. The Labute approximate surface area is 234 Å². The van der Waals surface area contributed by atoms with Crippen LogP contribution >= 0.6 is 0 Å². The summed E-state index contributed by atoms with van der Waals surface area (Å²) in [7, 11) is 5.12. The largest absolute Gasteiger partial charge is 0.497 e. The van der Waals surface area contributed by atoms with Gasteiger partial charge in [-0.2, -0.15) is 0 Å². The molecule has 0 bridgehead atoms. The Kier molecular flexibility index (Phi) is 7.84. The lowest BCUT2D eigenvalue weighted by Gasteiger charge is -2.35. The predicted octanol–water partition coefficient (Wildman–Crippen LogP) is 8.69. The molecular weight excluding hydrogens is 480 g/mol. The summed E-state index contributed by atoms with van der Waals surface area (Å²) in [6, 6.07) is 32.5. The molecule has 204 valence electrons. The zero-order valence-corrected chi connectivity index (χ0v) is 24.9. The number of hydrogen-bond acceptors (Lipinski definition) is 3. The standard InChI is InChI=1S/C36H42O3/c1-34(2,25-10-16-31(37-7)17-11-25)28-22-29(35(3,4)26-12-18-32(38-8)19-13-26)24-30(23-28)36(5,6)27-14-20-33(39-9)21-15-27/h10-24H,1-9H3. The Hall–Kier alpha value is -3.72. The molecule has 3 nitrogen and oxygen atoms in total. The van der Waals surface area contributed by atoms with Gasteiger partial charge in [-0.05, 0) is 69.8 Å². The third kappa shape index (κ3) is 5.54. The van der Waals surface area contributed by atoms with Gasteiger partial charge in [-0.25, -0.2) is 0 Å². The van der Waals surface area contributed by atoms with Crippen LogP contribution in [0.15, 0.2) is 91.0 Å². The van der Waals surface area contributed by atoms with E-state index in [1.165, 1.54) is 33.4 Å². The van der Waals surface area contributed by atoms with Crippen LogP contribution in [0.1, 0.15) is 74.9 Å². The fourth-order valence-corrected chi connectivity index (χ4v) is 5.23. The topological polar surface area (TPSA) is 27.7 Å². The van der Waals surface area contributed by atoms with Gasteiger partial charge in [0.05, 0.1) is 21.3 Å². The van der Waals surface area contributed by atoms with Crippen molar-refractivity contribution in [1.82, 2.24) is 0 Å². The highest BCUT2D eigenvalue weighted by Gasteiger charge is 2.32. The van der Waals surface area contributed by atoms with Gasteiger partial charge >= 0.3 is 0 Å². The van der Waals surface area contributed by atoms with Gasteiger partial charge in [0.15, 0.2) is 0 Å². The van der Waals surface area contributed by atoms with Crippen LogP contribution in [0.2, 0.25) is 0 Å². The quantitative estimate of drug-likeness (QED) is 0.220. The lowest BCUT2D eigenvalue weighted by atomic mass is 9.69. The summed E-state index contributed by atoms with van der Waals surface area (Å²) in [4.78, 5) is 0. The normalized spacial score (nSPS) is 12.2. The second-order valence-electron chi connectivity index (χ2n) is 11.9. The fraction of sp³-hybridized carbons (Fsp3) is 0.333. The van der Waals surface area contributed by atoms with E-state index in [2.05, 4.69) is 96.1 Å². The minimum absolute atomic E-state index is 0.219. The second-order valence-corrected chi connectivity index (χ2v) is 11.9. The molecule has 0 atom stereocenters. The van der Waals surface area contributed by atoms with Gasteiger partial charge in [-0.1, -0.05) is 96.1 Å². The molecule has 4 aromatic carbocycles. The van der Waals surface area contributed by atoms with E-state index in [4.69, 9.17) is 14.2 Å². The van der Waals surface area contributed by atoms with Crippen LogP contribution in [0.3, 0.4) is 0 Å². The Morgan fingerprint density at radius 3 is 0.718 bits per heavy atom. The third-order valence-corrected chi connectivity index (χ3v) is 8.53. The van der Waals surface area contributed by atoms with Gasteiger partial charge in [0.2, 0.25) is 0 Å². The number of methoxy groups -OCH3 is 3. The van der Waals surface area contributed by atoms with Gasteiger partial charge in [-0.3, -0.25) is 0 Å². The van der Waals surface area contributed by atoms with E-state index < -0.39 is 0 Å². The van der Waals surface area contributed by atoms with Crippen LogP contribution in [0.4, 0.5) is 0 Å². The minimum Gasteiger partial charge on any atom is -0.497 e. The summed E-state index contributed by atoms with van der Waals surface area (Å²) in [6.45, 7) is 13.8. The Morgan fingerprint density at radius 1 is 0.333 bits per heavy atom. The maximum Gasteiger partial charge on any atom is 0.118 e. The summed E-state index contributed by atoms with van der Waals surface area (Å²) >= 11 is 0. The first kappa shape index (κ1) is 28.3. The predicted molar refractivity (Wildman–Crippen MR) is 162 cm³/mol. The van der Waals surface area contributed by atoms with Gasteiger partial charge < -0.3 is 14.2 Å². The Bertz CT molecular complexity index is 1210. The molecule has 0 N–H and O–H groups in total. The smallest absolute Gasteiger partial charge is 0.118 e. The highest BCUT2D eigenvalue weighted by atomic mass is 16.5. The van der Waals surface area contributed by atoms with Crippen molar-refractivity contribution in [3.05, 3.63) is 124 Å². The molecular formula is C36H42O3. The molecule has 0 aliphatic carbocycles. The van der Waals surface area contributed by atoms with Crippen LogP contribution in [-0.4, -0.2) is 21.3 Å². The summed E-state index contributed by atoms with van der Waals surface area (Å²) in [5.41, 5.74) is 6.92. The summed E-state index contributed by atoms with van der Waals surface area (Å²) in [6.07, 6.45) is 0. The van der Waals surface area contributed by atoms with Crippen molar-refractivity contribution >= 4 is 0 Å². The number of rotatable bonds is 9. The molecule has 0 heterocycles. The molecule has 39 heavy (non-hydrogen) atoms. The van der Waals surface area contributed by atoms with Gasteiger partial charge in [0.25, 0.3) is 0 Å². The lowest BCUT2D eigenvalue weighted by molar-refractivity contribution is 0.414. The van der Waals surface area contributed by atoms with Crippen molar-refractivity contribution in [1.29, 1.82) is 0 Å². The molecule has 0 saturated heterocycles. The average molecular weight is 523 g/mol. The molecule has 0 aliphatic heterocycles.